The molecule has 1 aliphatic rings. The van der Waals surface area contributed by atoms with Gasteiger partial charge in [-0.25, -0.2) is 0 Å². The van der Waals surface area contributed by atoms with Crippen LogP contribution in [0.1, 0.15) is 44.3 Å². The number of nitrogens with one attached hydrogen (secondary N) is 2. The van der Waals surface area contributed by atoms with E-state index in [-0.39, 0.29) is 17.9 Å². The van der Waals surface area contributed by atoms with Crippen molar-refractivity contribution in [2.45, 2.75) is 18.9 Å². The molecule has 0 spiro atoms. The van der Waals surface area contributed by atoms with E-state index in [0.717, 1.165) is 23.4 Å². The van der Waals surface area contributed by atoms with E-state index in [1.54, 1.807) is 31.3 Å². The SMILES string of the molecule is CNC(=O)c1ccc(C(=O)N[C@@H]2CCc3cc(Cl)ccc32)cc1. The molecule has 2 N–H and O–H groups in total. The van der Waals surface area contributed by atoms with E-state index in [9.17, 15) is 9.59 Å². The van der Waals surface area contributed by atoms with Crippen LogP contribution in [-0.4, -0.2) is 18.9 Å². The van der Waals surface area contributed by atoms with Crippen LogP contribution in [0.15, 0.2) is 42.5 Å². The van der Waals surface area contributed by atoms with Crippen molar-refractivity contribution in [1.82, 2.24) is 10.6 Å². The highest BCUT2D eigenvalue weighted by molar-refractivity contribution is 6.30. The van der Waals surface area contributed by atoms with E-state index in [1.165, 1.54) is 5.56 Å². The van der Waals surface area contributed by atoms with Gasteiger partial charge in [0, 0.05) is 23.2 Å². The van der Waals surface area contributed by atoms with Crippen LogP contribution in [0.4, 0.5) is 0 Å². The Kier molecular flexibility index (Phi) is 4.35. The molecule has 0 heterocycles. The molecule has 0 radical (unpaired) electrons. The minimum absolute atomic E-state index is 0.00776. The number of halogens is 1. The lowest BCUT2D eigenvalue weighted by atomic mass is 10.1. The molecule has 0 aromatic heterocycles. The number of carbonyl (C=O) groups is 2. The standard InChI is InChI=1S/C18H17ClN2O2/c1-20-17(22)11-2-4-12(5-3-11)18(23)21-16-9-6-13-10-14(19)7-8-15(13)16/h2-5,7-8,10,16H,6,9H2,1H3,(H,20,22)(H,21,23)/t16-/m1/s1. The quantitative estimate of drug-likeness (QED) is 0.909. The molecule has 0 unspecified atom stereocenters. The normalized spacial score (nSPS) is 15.8. The Hall–Kier alpha value is -2.33. The zero-order valence-electron chi connectivity index (χ0n) is 12.7. The summed E-state index contributed by atoms with van der Waals surface area (Å²) >= 11 is 6.01. The number of hydrogen-bond donors (Lipinski definition) is 2. The van der Waals surface area contributed by atoms with Gasteiger partial charge in [-0.1, -0.05) is 17.7 Å². The number of amides is 2. The van der Waals surface area contributed by atoms with Gasteiger partial charge in [0.2, 0.25) is 0 Å². The van der Waals surface area contributed by atoms with Gasteiger partial charge in [0.15, 0.2) is 0 Å². The number of fused-ring (bicyclic) bond motifs is 1. The zero-order valence-corrected chi connectivity index (χ0v) is 13.5. The number of rotatable bonds is 3. The molecule has 4 nitrogen and oxygen atoms in total. The van der Waals surface area contributed by atoms with E-state index in [4.69, 9.17) is 11.6 Å². The molecular weight excluding hydrogens is 312 g/mol. The van der Waals surface area contributed by atoms with Gasteiger partial charge in [0.1, 0.15) is 0 Å². The Morgan fingerprint density at radius 3 is 2.35 bits per heavy atom. The van der Waals surface area contributed by atoms with Gasteiger partial charge < -0.3 is 10.6 Å². The fraction of sp³-hybridized carbons (Fsp3) is 0.222. The van der Waals surface area contributed by atoms with Crippen LogP contribution in [0.2, 0.25) is 5.02 Å². The molecule has 2 amide bonds. The average molecular weight is 329 g/mol. The fourth-order valence-electron chi connectivity index (χ4n) is 2.89. The third kappa shape index (κ3) is 3.22. The van der Waals surface area contributed by atoms with Gasteiger partial charge in [-0.2, -0.15) is 0 Å². The van der Waals surface area contributed by atoms with Crippen LogP contribution in [0.25, 0.3) is 0 Å². The van der Waals surface area contributed by atoms with Gasteiger partial charge in [0.05, 0.1) is 6.04 Å². The van der Waals surface area contributed by atoms with Crippen molar-refractivity contribution in [1.29, 1.82) is 0 Å². The molecular formula is C18H17ClN2O2. The topological polar surface area (TPSA) is 58.2 Å². The molecule has 1 atom stereocenters. The minimum atomic E-state index is -0.168. The molecule has 2 aromatic rings. The van der Waals surface area contributed by atoms with Gasteiger partial charge in [0.25, 0.3) is 11.8 Å². The molecule has 0 saturated carbocycles. The first kappa shape index (κ1) is 15.6. The van der Waals surface area contributed by atoms with Crippen molar-refractivity contribution in [3.8, 4) is 0 Å². The summed E-state index contributed by atoms with van der Waals surface area (Å²) in [5.41, 5.74) is 3.40. The van der Waals surface area contributed by atoms with Crippen molar-refractivity contribution in [2.24, 2.45) is 0 Å². The number of hydrogen-bond acceptors (Lipinski definition) is 2. The number of benzene rings is 2. The smallest absolute Gasteiger partial charge is 0.251 e. The molecule has 0 fully saturated rings. The molecule has 2 aromatic carbocycles. The third-order valence-electron chi connectivity index (χ3n) is 4.12. The van der Waals surface area contributed by atoms with Crippen molar-refractivity contribution in [2.75, 3.05) is 7.05 Å². The summed E-state index contributed by atoms with van der Waals surface area (Å²) < 4.78 is 0. The van der Waals surface area contributed by atoms with Crippen LogP contribution in [-0.2, 0) is 6.42 Å². The average Bonchev–Trinajstić information content (AvgIpc) is 2.96. The van der Waals surface area contributed by atoms with Gasteiger partial charge >= 0.3 is 0 Å². The van der Waals surface area contributed by atoms with Gasteiger partial charge in [-0.15, -0.1) is 0 Å². The van der Waals surface area contributed by atoms with Crippen molar-refractivity contribution < 1.29 is 9.59 Å². The highest BCUT2D eigenvalue weighted by Gasteiger charge is 2.24. The number of carbonyl (C=O) groups excluding carboxylic acids is 2. The first-order valence-corrected chi connectivity index (χ1v) is 7.87. The lowest BCUT2D eigenvalue weighted by molar-refractivity contribution is 0.0932. The Bertz CT molecular complexity index is 756. The fourth-order valence-corrected chi connectivity index (χ4v) is 3.09. The monoisotopic (exact) mass is 328 g/mol. The summed E-state index contributed by atoms with van der Waals surface area (Å²) in [5.74, 6) is -0.306. The van der Waals surface area contributed by atoms with E-state index < -0.39 is 0 Å². The highest BCUT2D eigenvalue weighted by atomic mass is 35.5. The second kappa shape index (κ2) is 6.42. The molecule has 0 aliphatic heterocycles. The van der Waals surface area contributed by atoms with Gasteiger partial charge in [-0.05, 0) is 60.4 Å². The van der Waals surface area contributed by atoms with Crippen LogP contribution >= 0.6 is 11.6 Å². The summed E-state index contributed by atoms with van der Waals surface area (Å²) in [4.78, 5) is 23.9. The molecule has 1 aliphatic carbocycles. The summed E-state index contributed by atoms with van der Waals surface area (Å²) in [6.07, 6.45) is 1.79. The highest BCUT2D eigenvalue weighted by Crippen LogP contribution is 2.33. The predicted octanol–water partition coefficient (Wildman–Crippen LogP) is 3.12. The van der Waals surface area contributed by atoms with E-state index in [1.807, 2.05) is 18.2 Å². The maximum Gasteiger partial charge on any atom is 0.251 e. The first-order valence-electron chi connectivity index (χ1n) is 7.50. The summed E-state index contributed by atoms with van der Waals surface area (Å²) in [6, 6.07) is 12.4. The van der Waals surface area contributed by atoms with E-state index in [0.29, 0.717) is 11.1 Å². The van der Waals surface area contributed by atoms with E-state index in [2.05, 4.69) is 10.6 Å². The Morgan fingerprint density at radius 2 is 1.70 bits per heavy atom. The predicted molar refractivity (Wildman–Crippen MR) is 89.8 cm³/mol. The largest absolute Gasteiger partial charge is 0.355 e. The molecule has 0 saturated heterocycles. The Labute approximate surface area is 139 Å². The summed E-state index contributed by atoms with van der Waals surface area (Å²) in [6.45, 7) is 0. The van der Waals surface area contributed by atoms with Crippen LogP contribution < -0.4 is 10.6 Å². The molecule has 118 valence electrons. The Morgan fingerprint density at radius 1 is 1.04 bits per heavy atom. The van der Waals surface area contributed by atoms with Crippen LogP contribution in [0, 0.1) is 0 Å². The zero-order chi connectivity index (χ0) is 16.4. The second-order valence-corrected chi connectivity index (χ2v) is 6.00. The lowest BCUT2D eigenvalue weighted by Gasteiger charge is -2.14. The van der Waals surface area contributed by atoms with Crippen LogP contribution in [0.5, 0.6) is 0 Å². The van der Waals surface area contributed by atoms with Crippen molar-refractivity contribution in [3.05, 3.63) is 69.7 Å². The van der Waals surface area contributed by atoms with E-state index >= 15 is 0 Å². The molecule has 3 rings (SSSR count). The van der Waals surface area contributed by atoms with Gasteiger partial charge in [-0.3, -0.25) is 9.59 Å². The minimum Gasteiger partial charge on any atom is -0.355 e. The first-order chi connectivity index (χ1) is 11.1. The van der Waals surface area contributed by atoms with Crippen molar-refractivity contribution >= 4 is 23.4 Å². The molecule has 0 bridgehead atoms. The maximum atomic E-state index is 12.4. The number of aryl methyl sites for hydroxylation is 1. The summed E-state index contributed by atoms with van der Waals surface area (Å²) in [7, 11) is 1.58. The summed E-state index contributed by atoms with van der Waals surface area (Å²) in [5, 5.41) is 6.33. The maximum absolute atomic E-state index is 12.4. The van der Waals surface area contributed by atoms with Crippen LogP contribution in [0.3, 0.4) is 0 Å². The third-order valence-corrected chi connectivity index (χ3v) is 4.36. The van der Waals surface area contributed by atoms with Crippen molar-refractivity contribution in [3.63, 3.8) is 0 Å². The Balaban J connectivity index is 1.72. The molecule has 5 heteroatoms. The molecule has 23 heavy (non-hydrogen) atoms. The second-order valence-electron chi connectivity index (χ2n) is 5.56. The lowest BCUT2D eigenvalue weighted by Crippen LogP contribution is -2.27.